The molecule has 0 aromatic heterocycles. The second-order valence-corrected chi connectivity index (χ2v) is 24.3. The van der Waals surface area contributed by atoms with Crippen LogP contribution in [0.5, 0.6) is 0 Å². The molecule has 1 fully saturated rings. The molecule has 0 aliphatic carbocycles. The standard InChI is InChI=1S/C42H64N2O3P2/c1-11-41(9,34-48(35-22-16-13-17-23-35,36-24-18-14-19-25-36)37-26-20-15-21-27-37)32-42(10,12-2)38(45)43-28-30-44(31-29-43)49(46,40(6,7)8)47-33-39(3,4)5/h13-27,48H,11-12,28-34H2,1-10H3. The molecule has 1 aliphatic heterocycles. The number of rotatable bonds is 13. The maximum absolute atomic E-state index is 14.6. The third-order valence-corrected chi connectivity index (χ3v) is 19.6. The summed E-state index contributed by atoms with van der Waals surface area (Å²) in [6.07, 6.45) is 3.56. The molecule has 3 atom stereocenters. The average Bonchev–Trinajstić information content (AvgIpc) is 3.09. The Hall–Kier alpha value is -2.29. The van der Waals surface area contributed by atoms with Gasteiger partial charge in [0.1, 0.15) is 0 Å². The van der Waals surface area contributed by atoms with Crippen LogP contribution in [0, 0.1) is 16.2 Å². The summed E-state index contributed by atoms with van der Waals surface area (Å²) in [6.45, 7) is 24.1. The van der Waals surface area contributed by atoms with E-state index < -0.39 is 25.4 Å². The average molecular weight is 707 g/mol. The molecule has 0 bridgehead atoms. The number of amides is 1. The Bertz CT molecular complexity index is 1450. The molecule has 0 N–H and O–H groups in total. The Morgan fingerprint density at radius 3 is 1.47 bits per heavy atom. The fourth-order valence-electron chi connectivity index (χ4n) is 7.75. The Morgan fingerprint density at radius 1 is 0.694 bits per heavy atom. The van der Waals surface area contributed by atoms with E-state index in [1.807, 2.05) is 30.3 Å². The predicted octanol–water partition coefficient (Wildman–Crippen LogP) is 9.13. The van der Waals surface area contributed by atoms with Gasteiger partial charge < -0.3 is 0 Å². The summed E-state index contributed by atoms with van der Waals surface area (Å²) >= 11 is 0. The van der Waals surface area contributed by atoms with Crippen molar-refractivity contribution in [2.45, 2.75) is 93.7 Å². The van der Waals surface area contributed by atoms with Gasteiger partial charge in [-0.15, -0.1) is 0 Å². The molecule has 0 radical (unpaired) electrons. The maximum atomic E-state index is 14.6. The van der Waals surface area contributed by atoms with Crippen molar-refractivity contribution in [3.05, 3.63) is 91.0 Å². The summed E-state index contributed by atoms with van der Waals surface area (Å²) in [4.78, 5) is 16.7. The Balaban J connectivity index is 1.64. The number of carbonyl (C=O) groups is 1. The minimum absolute atomic E-state index is 0.0878. The number of piperazine rings is 1. The van der Waals surface area contributed by atoms with Crippen molar-refractivity contribution in [1.82, 2.24) is 9.57 Å². The monoisotopic (exact) mass is 706 g/mol. The van der Waals surface area contributed by atoms with Gasteiger partial charge in [0.25, 0.3) is 0 Å². The Kier molecular flexibility index (Phi) is 12.5. The summed E-state index contributed by atoms with van der Waals surface area (Å²) in [5.41, 5.74) is -0.706. The molecule has 1 saturated heterocycles. The van der Waals surface area contributed by atoms with Gasteiger partial charge in [-0.3, -0.25) is 0 Å². The van der Waals surface area contributed by atoms with Crippen LogP contribution < -0.4 is 15.9 Å². The SMILES string of the molecule is CCC(C)(CC(C)(CC)C(=O)N1CCN(P(=O)(OCC(C)(C)C)C(C)(C)C)CC1)C[PH](c1ccccc1)(c1ccccc1)c1ccccc1. The molecule has 3 aromatic rings. The number of hydrogen-bond donors (Lipinski definition) is 0. The van der Waals surface area contributed by atoms with E-state index in [1.54, 1.807) is 0 Å². The topological polar surface area (TPSA) is 49.9 Å². The molecule has 5 nitrogen and oxygen atoms in total. The quantitative estimate of drug-likeness (QED) is 0.167. The van der Waals surface area contributed by atoms with Crippen molar-refractivity contribution in [2.24, 2.45) is 16.2 Å². The molecule has 49 heavy (non-hydrogen) atoms. The first-order valence-electron chi connectivity index (χ1n) is 18.4. The van der Waals surface area contributed by atoms with Crippen molar-refractivity contribution in [3.63, 3.8) is 0 Å². The zero-order chi connectivity index (χ0) is 36.1. The van der Waals surface area contributed by atoms with Crippen molar-refractivity contribution < 1.29 is 13.9 Å². The first-order chi connectivity index (χ1) is 22.9. The van der Waals surface area contributed by atoms with E-state index in [-0.39, 0.29) is 16.7 Å². The summed E-state index contributed by atoms with van der Waals surface area (Å²) in [5.74, 6) is 0.224. The summed E-state index contributed by atoms with van der Waals surface area (Å²) in [6, 6.07) is 33.4. The van der Waals surface area contributed by atoms with Crippen molar-refractivity contribution in [1.29, 1.82) is 0 Å². The van der Waals surface area contributed by atoms with Gasteiger partial charge >= 0.3 is 274 Å². The van der Waals surface area contributed by atoms with Gasteiger partial charge in [-0.1, -0.05) is 20.8 Å². The summed E-state index contributed by atoms with van der Waals surface area (Å²) in [5, 5.41) is 3.71. The fourth-order valence-corrected chi connectivity index (χ4v) is 16.0. The van der Waals surface area contributed by atoms with Gasteiger partial charge in [0.15, 0.2) is 0 Å². The summed E-state index contributed by atoms with van der Waals surface area (Å²) < 4.78 is 22.8. The van der Waals surface area contributed by atoms with E-state index in [0.29, 0.717) is 32.8 Å². The first kappa shape index (κ1) is 39.5. The molecule has 3 unspecified atom stereocenters. The van der Waals surface area contributed by atoms with Gasteiger partial charge in [-0.05, 0) is 5.41 Å². The molecule has 0 saturated carbocycles. The van der Waals surface area contributed by atoms with Gasteiger partial charge in [0, 0.05) is 0 Å². The zero-order valence-electron chi connectivity index (χ0n) is 32.1. The molecule has 4 rings (SSSR count). The van der Waals surface area contributed by atoms with Crippen LogP contribution in [0.2, 0.25) is 0 Å². The predicted molar refractivity (Wildman–Crippen MR) is 214 cm³/mol. The van der Waals surface area contributed by atoms with Crippen molar-refractivity contribution in [2.75, 3.05) is 38.9 Å². The van der Waals surface area contributed by atoms with Gasteiger partial charge in [0.05, 0.1) is 0 Å². The van der Waals surface area contributed by atoms with Crippen molar-refractivity contribution in [3.8, 4) is 0 Å². The van der Waals surface area contributed by atoms with Gasteiger partial charge in [0.2, 0.25) is 0 Å². The number of carbonyl (C=O) groups excluding carboxylic acids is 1. The molecule has 1 amide bonds. The Labute approximate surface area is 299 Å². The third kappa shape index (κ3) is 8.78. The molecule has 1 aliphatic rings. The van der Waals surface area contributed by atoms with Crippen LogP contribution in [0.15, 0.2) is 91.0 Å². The number of hydrogen-bond acceptors (Lipinski definition) is 3. The van der Waals surface area contributed by atoms with E-state index in [4.69, 9.17) is 4.52 Å². The zero-order valence-corrected chi connectivity index (χ0v) is 34.0. The molecule has 7 heteroatoms. The van der Waals surface area contributed by atoms with Crippen LogP contribution in [-0.4, -0.2) is 59.6 Å². The molecule has 270 valence electrons. The molecule has 1 heterocycles. The number of nitrogens with zero attached hydrogens (tertiary/aromatic N) is 2. The molecule has 3 aromatic carbocycles. The van der Waals surface area contributed by atoms with Crippen LogP contribution in [0.3, 0.4) is 0 Å². The van der Waals surface area contributed by atoms with E-state index >= 15 is 0 Å². The van der Waals surface area contributed by atoms with Crippen LogP contribution in [0.25, 0.3) is 0 Å². The molecular weight excluding hydrogens is 642 g/mol. The molecule has 0 spiro atoms. The van der Waals surface area contributed by atoms with E-state index in [2.05, 4.69) is 139 Å². The third-order valence-electron chi connectivity index (χ3n) is 10.9. The van der Waals surface area contributed by atoms with Crippen LogP contribution in [0.1, 0.15) is 88.5 Å². The first-order valence-corrected chi connectivity index (χ1v) is 22.2. The van der Waals surface area contributed by atoms with E-state index in [0.717, 1.165) is 25.4 Å². The normalized spacial score (nSPS) is 19.0. The summed E-state index contributed by atoms with van der Waals surface area (Å²) in [7, 11) is -5.64. The fraction of sp³-hybridized carbons (Fsp3) is 0.548. The second kappa shape index (κ2) is 15.5. The molecular formula is C42H64N2O3P2. The Morgan fingerprint density at radius 2 is 1.12 bits per heavy atom. The number of benzene rings is 3. The van der Waals surface area contributed by atoms with Gasteiger partial charge in [-0.2, -0.15) is 0 Å². The van der Waals surface area contributed by atoms with E-state index in [9.17, 15) is 9.36 Å². The minimum atomic E-state index is -3.13. The second-order valence-electron chi connectivity index (χ2n) is 17.2. The van der Waals surface area contributed by atoms with Crippen LogP contribution >= 0.6 is 14.8 Å². The van der Waals surface area contributed by atoms with Crippen molar-refractivity contribution >= 4 is 36.6 Å². The van der Waals surface area contributed by atoms with Crippen LogP contribution in [-0.2, 0) is 13.9 Å². The van der Waals surface area contributed by atoms with Crippen LogP contribution in [0.4, 0.5) is 0 Å². The van der Waals surface area contributed by atoms with E-state index in [1.165, 1.54) is 15.9 Å². The van der Waals surface area contributed by atoms with Gasteiger partial charge in [-0.25, -0.2) is 0 Å².